The Hall–Kier alpha value is -2.65. The maximum absolute atomic E-state index is 12.5. The van der Waals surface area contributed by atoms with Crippen LogP contribution in [-0.2, 0) is 38.0 Å². The van der Waals surface area contributed by atoms with Gasteiger partial charge in [-0.3, -0.25) is 9.59 Å². The standard InChI is InChI=1S/C20H34N4O10S/c1-17(2,3)31-15(27)21-11-13(25)23(19(11,7)8)33-35(29,30)34-24-14(26)12(20(24,9)10)22-16(28)32-18(4,5)6/h11-12H,1-10H3,(H,21,27)(H,22,28)/t11-,12-/m1/s1. The molecule has 200 valence electrons. The number of β-lactam (4-membered cyclic amide) rings is 2. The van der Waals surface area contributed by atoms with Crippen LogP contribution in [0.3, 0.4) is 0 Å². The lowest BCUT2D eigenvalue weighted by molar-refractivity contribution is -0.238. The Bertz CT molecular complexity index is 936. The van der Waals surface area contributed by atoms with Crippen molar-refractivity contribution in [3.8, 4) is 0 Å². The van der Waals surface area contributed by atoms with Gasteiger partial charge in [0, 0.05) is 0 Å². The van der Waals surface area contributed by atoms with Crippen molar-refractivity contribution in [2.45, 2.75) is 104 Å². The molecule has 0 aliphatic carbocycles. The van der Waals surface area contributed by atoms with E-state index in [4.69, 9.17) is 18.0 Å². The van der Waals surface area contributed by atoms with Crippen molar-refractivity contribution in [2.24, 2.45) is 0 Å². The van der Waals surface area contributed by atoms with E-state index in [0.29, 0.717) is 10.1 Å². The van der Waals surface area contributed by atoms with Gasteiger partial charge in [-0.15, -0.1) is 8.57 Å². The first-order valence-electron chi connectivity index (χ1n) is 10.8. The van der Waals surface area contributed by atoms with E-state index in [1.807, 2.05) is 0 Å². The third-order valence-electron chi connectivity index (χ3n) is 5.01. The molecule has 35 heavy (non-hydrogen) atoms. The molecule has 2 aliphatic rings. The van der Waals surface area contributed by atoms with Crippen LogP contribution < -0.4 is 10.6 Å². The van der Waals surface area contributed by atoms with Crippen molar-refractivity contribution in [2.75, 3.05) is 0 Å². The molecule has 2 saturated heterocycles. The Morgan fingerprint density at radius 2 is 1.03 bits per heavy atom. The van der Waals surface area contributed by atoms with E-state index in [-0.39, 0.29) is 0 Å². The minimum Gasteiger partial charge on any atom is -0.444 e. The van der Waals surface area contributed by atoms with Crippen LogP contribution in [0.2, 0.25) is 0 Å². The fourth-order valence-corrected chi connectivity index (χ4v) is 4.22. The Morgan fingerprint density at radius 1 is 0.743 bits per heavy atom. The summed E-state index contributed by atoms with van der Waals surface area (Å²) >= 11 is 0. The Morgan fingerprint density at radius 3 is 1.26 bits per heavy atom. The molecule has 0 aromatic carbocycles. The highest BCUT2D eigenvalue weighted by molar-refractivity contribution is 7.81. The summed E-state index contributed by atoms with van der Waals surface area (Å²) in [7, 11) is -4.95. The van der Waals surface area contributed by atoms with Crippen molar-refractivity contribution >= 4 is 34.4 Å². The van der Waals surface area contributed by atoms with Gasteiger partial charge >= 0.3 is 22.6 Å². The van der Waals surface area contributed by atoms with Crippen LogP contribution in [0.25, 0.3) is 0 Å². The molecule has 2 fully saturated rings. The zero-order valence-electron chi connectivity index (χ0n) is 21.5. The van der Waals surface area contributed by atoms with Crippen molar-refractivity contribution in [3.05, 3.63) is 0 Å². The molecule has 2 N–H and O–H groups in total. The summed E-state index contributed by atoms with van der Waals surface area (Å²) in [5.41, 5.74) is -4.19. The summed E-state index contributed by atoms with van der Waals surface area (Å²) < 4.78 is 44.7. The SMILES string of the molecule is CC(C)(C)OC(=O)N[C@@H]1C(=O)N(OS(=O)(=O)ON2C(=O)[C@@H](NC(=O)OC(C)(C)C)C2(C)C)C1(C)C. The Balaban J connectivity index is 2.01. The minimum absolute atomic E-state index is 0.512. The lowest BCUT2D eigenvalue weighted by Crippen LogP contribution is -2.78. The van der Waals surface area contributed by atoms with E-state index < -0.39 is 68.8 Å². The van der Waals surface area contributed by atoms with E-state index in [0.717, 1.165) is 0 Å². The molecule has 0 bridgehead atoms. The molecule has 4 amide bonds. The van der Waals surface area contributed by atoms with Crippen LogP contribution in [0.15, 0.2) is 0 Å². The topological polar surface area (TPSA) is 170 Å². The van der Waals surface area contributed by atoms with Crippen molar-refractivity contribution < 1.29 is 45.6 Å². The maximum atomic E-state index is 12.5. The third kappa shape index (κ3) is 6.32. The second kappa shape index (κ2) is 8.78. The number of carbonyl (C=O) groups is 4. The molecule has 0 spiro atoms. The summed E-state index contributed by atoms with van der Waals surface area (Å²) in [4.78, 5) is 48.9. The van der Waals surface area contributed by atoms with Crippen molar-refractivity contribution in [1.82, 2.24) is 20.8 Å². The average Bonchev–Trinajstić information content (AvgIpc) is 2.63. The van der Waals surface area contributed by atoms with Gasteiger partial charge in [0.1, 0.15) is 23.3 Å². The molecular weight excluding hydrogens is 488 g/mol. The van der Waals surface area contributed by atoms with E-state index in [1.165, 1.54) is 27.7 Å². The lowest BCUT2D eigenvalue weighted by Gasteiger charge is -2.52. The molecule has 15 heteroatoms. The maximum Gasteiger partial charge on any atom is 0.442 e. The molecule has 2 atom stereocenters. The zero-order valence-corrected chi connectivity index (χ0v) is 22.4. The van der Waals surface area contributed by atoms with Gasteiger partial charge in [0.15, 0.2) is 0 Å². The van der Waals surface area contributed by atoms with E-state index in [2.05, 4.69) is 10.6 Å². The summed E-state index contributed by atoms with van der Waals surface area (Å²) in [6.45, 7) is 15.7. The highest BCUT2D eigenvalue weighted by Crippen LogP contribution is 2.36. The first-order chi connectivity index (χ1) is 15.5. The predicted octanol–water partition coefficient (Wildman–Crippen LogP) is 1.12. The summed E-state index contributed by atoms with van der Waals surface area (Å²) in [5.74, 6) is -1.74. The summed E-state index contributed by atoms with van der Waals surface area (Å²) in [5, 5.41) is 5.76. The highest BCUT2D eigenvalue weighted by Gasteiger charge is 2.61. The fourth-order valence-electron chi connectivity index (χ4n) is 3.30. The number of nitrogens with one attached hydrogen (secondary N) is 2. The number of ether oxygens (including phenoxy) is 2. The first-order valence-corrected chi connectivity index (χ1v) is 12.1. The molecule has 0 saturated carbocycles. The zero-order chi connectivity index (χ0) is 27.4. The average molecular weight is 523 g/mol. The second-order valence-electron chi connectivity index (χ2n) is 11.3. The second-order valence-corrected chi connectivity index (χ2v) is 12.4. The number of rotatable bonds is 6. The first kappa shape index (κ1) is 28.6. The van der Waals surface area contributed by atoms with Crippen LogP contribution in [0.5, 0.6) is 0 Å². The van der Waals surface area contributed by atoms with E-state index in [1.54, 1.807) is 41.5 Å². The van der Waals surface area contributed by atoms with Gasteiger partial charge in [0.05, 0.1) is 11.1 Å². The molecule has 0 aromatic rings. The lowest BCUT2D eigenvalue weighted by atomic mass is 9.85. The van der Waals surface area contributed by atoms with Gasteiger partial charge in [0.25, 0.3) is 11.8 Å². The van der Waals surface area contributed by atoms with Crippen LogP contribution in [0.4, 0.5) is 9.59 Å². The molecule has 2 rings (SSSR count). The molecule has 0 aromatic heterocycles. The normalized spacial score (nSPS) is 23.7. The van der Waals surface area contributed by atoms with E-state index >= 15 is 0 Å². The number of amides is 4. The molecular formula is C20H34N4O10S. The van der Waals surface area contributed by atoms with E-state index in [9.17, 15) is 27.6 Å². The Labute approximate surface area is 204 Å². The Kier molecular flexibility index (Phi) is 7.17. The summed E-state index contributed by atoms with van der Waals surface area (Å²) in [6, 6.07) is -2.26. The highest BCUT2D eigenvalue weighted by atomic mass is 32.3. The fraction of sp³-hybridized carbons (Fsp3) is 0.800. The molecule has 14 nitrogen and oxygen atoms in total. The van der Waals surface area contributed by atoms with Crippen LogP contribution >= 0.6 is 0 Å². The van der Waals surface area contributed by atoms with Crippen LogP contribution in [-0.4, -0.2) is 76.9 Å². The molecule has 2 heterocycles. The van der Waals surface area contributed by atoms with Crippen LogP contribution in [0, 0.1) is 0 Å². The van der Waals surface area contributed by atoms with Gasteiger partial charge in [0.2, 0.25) is 0 Å². The van der Waals surface area contributed by atoms with Gasteiger partial charge < -0.3 is 20.1 Å². The van der Waals surface area contributed by atoms with Crippen LogP contribution in [0.1, 0.15) is 69.2 Å². The quantitative estimate of drug-likeness (QED) is 0.482. The smallest absolute Gasteiger partial charge is 0.442 e. The monoisotopic (exact) mass is 522 g/mol. The van der Waals surface area contributed by atoms with Crippen molar-refractivity contribution in [1.29, 1.82) is 0 Å². The number of hydroxylamine groups is 4. The number of hydrogen-bond donors (Lipinski definition) is 2. The van der Waals surface area contributed by atoms with Crippen molar-refractivity contribution in [3.63, 3.8) is 0 Å². The van der Waals surface area contributed by atoms with Gasteiger partial charge in [-0.2, -0.15) is 18.5 Å². The van der Waals surface area contributed by atoms with Gasteiger partial charge in [-0.05, 0) is 69.2 Å². The molecule has 0 radical (unpaired) electrons. The third-order valence-corrected chi connectivity index (χ3v) is 5.67. The van der Waals surface area contributed by atoms with Gasteiger partial charge in [-0.25, -0.2) is 9.59 Å². The van der Waals surface area contributed by atoms with Gasteiger partial charge in [-0.1, -0.05) is 0 Å². The number of carbonyl (C=O) groups excluding carboxylic acids is 4. The largest absolute Gasteiger partial charge is 0.444 e. The molecule has 0 unspecified atom stereocenters. The number of nitrogens with zero attached hydrogens (tertiary/aromatic N) is 2. The predicted molar refractivity (Wildman–Crippen MR) is 119 cm³/mol. The minimum atomic E-state index is -4.95. The number of alkyl carbamates (subject to hydrolysis) is 2. The molecule has 2 aliphatic heterocycles. The summed E-state index contributed by atoms with van der Waals surface area (Å²) in [6.07, 6.45) is -1.72. The number of hydrogen-bond acceptors (Lipinski definition) is 10.